The molecular weight excluding hydrogens is 294 g/mol. The van der Waals surface area contributed by atoms with Crippen LogP contribution in [-0.2, 0) is 0 Å². The molecule has 1 fully saturated rings. The number of para-hydroxylation sites is 1. The summed E-state index contributed by atoms with van der Waals surface area (Å²) in [6, 6.07) is 7.31. The van der Waals surface area contributed by atoms with Crippen LogP contribution < -0.4 is 10.1 Å². The van der Waals surface area contributed by atoms with E-state index in [4.69, 9.17) is 4.74 Å². The van der Waals surface area contributed by atoms with Gasteiger partial charge in [-0.15, -0.1) is 0 Å². The lowest BCUT2D eigenvalue weighted by molar-refractivity contribution is 0.0941. The molecule has 98 valence electrons. The third-order valence-electron chi connectivity index (χ3n) is 3.56. The fourth-order valence-electron chi connectivity index (χ4n) is 2.09. The molecule has 0 aromatic heterocycles. The van der Waals surface area contributed by atoms with Gasteiger partial charge in [-0.25, -0.2) is 0 Å². The molecule has 0 heterocycles. The van der Waals surface area contributed by atoms with Crippen molar-refractivity contribution in [1.29, 1.82) is 0 Å². The Balaban J connectivity index is 1.96. The zero-order chi connectivity index (χ0) is 13.0. The highest BCUT2D eigenvalue weighted by Gasteiger charge is 2.41. The summed E-state index contributed by atoms with van der Waals surface area (Å²) in [6.07, 6.45) is 3.55. The average Bonchev–Trinajstić information content (AvgIpc) is 3.16. The zero-order valence-electron chi connectivity index (χ0n) is 10.5. The van der Waals surface area contributed by atoms with Crippen molar-refractivity contribution in [2.45, 2.75) is 19.3 Å². The number of benzene rings is 1. The molecule has 1 amide bonds. The van der Waals surface area contributed by atoms with Crippen molar-refractivity contribution >= 4 is 21.8 Å². The Morgan fingerprint density at radius 2 is 2.17 bits per heavy atom. The Hall–Kier alpha value is -1.03. The summed E-state index contributed by atoms with van der Waals surface area (Å²) in [6.45, 7) is 0.759. The van der Waals surface area contributed by atoms with E-state index >= 15 is 0 Å². The van der Waals surface area contributed by atoms with Gasteiger partial charge >= 0.3 is 0 Å². The van der Waals surface area contributed by atoms with Gasteiger partial charge in [0.15, 0.2) is 0 Å². The minimum absolute atomic E-state index is 0.0479. The van der Waals surface area contributed by atoms with E-state index in [0.29, 0.717) is 16.7 Å². The first kappa shape index (κ1) is 13.4. The molecule has 1 N–H and O–H groups in total. The smallest absolute Gasteiger partial charge is 0.255 e. The Labute approximate surface area is 116 Å². The van der Waals surface area contributed by atoms with Gasteiger partial charge in [0.2, 0.25) is 0 Å². The van der Waals surface area contributed by atoms with E-state index in [0.717, 1.165) is 18.3 Å². The van der Waals surface area contributed by atoms with Crippen molar-refractivity contribution in [3.63, 3.8) is 0 Å². The van der Waals surface area contributed by atoms with Crippen LogP contribution in [0.25, 0.3) is 0 Å². The molecule has 0 aliphatic heterocycles. The molecule has 1 aliphatic rings. The van der Waals surface area contributed by atoms with Gasteiger partial charge in [-0.3, -0.25) is 4.79 Å². The maximum atomic E-state index is 12.1. The molecule has 1 aliphatic carbocycles. The number of carbonyl (C=O) groups is 1. The third-order valence-corrected chi connectivity index (χ3v) is 3.95. The lowest BCUT2D eigenvalue weighted by Gasteiger charge is -2.15. The first-order valence-corrected chi connectivity index (χ1v) is 7.30. The maximum absolute atomic E-state index is 12.1. The van der Waals surface area contributed by atoms with Crippen molar-refractivity contribution in [3.8, 4) is 5.75 Å². The Morgan fingerprint density at radius 3 is 2.78 bits per heavy atom. The minimum atomic E-state index is -0.0479. The third kappa shape index (κ3) is 3.05. The number of hydrogen-bond acceptors (Lipinski definition) is 2. The van der Waals surface area contributed by atoms with Crippen LogP contribution >= 0.6 is 15.9 Å². The van der Waals surface area contributed by atoms with Gasteiger partial charge in [0.25, 0.3) is 5.91 Å². The van der Waals surface area contributed by atoms with Crippen molar-refractivity contribution in [2.24, 2.45) is 5.41 Å². The Kier molecular flexibility index (Phi) is 4.27. The molecule has 1 aromatic carbocycles. The number of methoxy groups -OCH3 is 1. The van der Waals surface area contributed by atoms with Crippen LogP contribution in [0.4, 0.5) is 0 Å². The first-order chi connectivity index (χ1) is 8.71. The van der Waals surface area contributed by atoms with Crippen LogP contribution in [0.3, 0.4) is 0 Å². The standard InChI is InChI=1S/C14H18BrNO2/c1-18-12-5-3-2-4-11(12)13(17)16-10-14(6-7-14)8-9-15/h2-5H,6-10H2,1H3,(H,16,17). The largest absolute Gasteiger partial charge is 0.496 e. The van der Waals surface area contributed by atoms with E-state index in [-0.39, 0.29) is 5.91 Å². The number of hydrogen-bond donors (Lipinski definition) is 1. The molecular formula is C14H18BrNO2. The monoisotopic (exact) mass is 311 g/mol. The normalized spacial score (nSPS) is 16.1. The Bertz CT molecular complexity index is 430. The predicted octanol–water partition coefficient (Wildman–Crippen LogP) is 2.99. The van der Waals surface area contributed by atoms with Gasteiger partial charge in [0, 0.05) is 11.9 Å². The van der Waals surface area contributed by atoms with Crippen LogP contribution in [0.5, 0.6) is 5.75 Å². The molecule has 3 nitrogen and oxygen atoms in total. The number of nitrogens with one attached hydrogen (secondary N) is 1. The number of carbonyl (C=O) groups excluding carboxylic acids is 1. The fourth-order valence-corrected chi connectivity index (χ4v) is 2.93. The quantitative estimate of drug-likeness (QED) is 0.820. The highest BCUT2D eigenvalue weighted by molar-refractivity contribution is 9.09. The van der Waals surface area contributed by atoms with E-state index in [1.54, 1.807) is 19.2 Å². The van der Waals surface area contributed by atoms with E-state index in [1.807, 2.05) is 12.1 Å². The van der Waals surface area contributed by atoms with Crippen LogP contribution in [0.1, 0.15) is 29.6 Å². The van der Waals surface area contributed by atoms with Crippen molar-refractivity contribution in [3.05, 3.63) is 29.8 Å². The average molecular weight is 312 g/mol. The number of rotatable bonds is 6. The van der Waals surface area contributed by atoms with Crippen LogP contribution in [0.15, 0.2) is 24.3 Å². The Morgan fingerprint density at radius 1 is 1.44 bits per heavy atom. The van der Waals surface area contributed by atoms with Gasteiger partial charge in [-0.05, 0) is 36.8 Å². The lowest BCUT2D eigenvalue weighted by atomic mass is 10.0. The first-order valence-electron chi connectivity index (χ1n) is 6.18. The summed E-state index contributed by atoms with van der Waals surface area (Å²) in [5, 5.41) is 4.02. The topological polar surface area (TPSA) is 38.3 Å². The number of halogens is 1. The molecule has 0 atom stereocenters. The molecule has 4 heteroatoms. The number of ether oxygens (including phenoxy) is 1. The zero-order valence-corrected chi connectivity index (χ0v) is 12.1. The van der Waals surface area contributed by atoms with Crippen molar-refractivity contribution in [1.82, 2.24) is 5.32 Å². The molecule has 0 bridgehead atoms. The summed E-state index contributed by atoms with van der Waals surface area (Å²) in [4.78, 5) is 12.1. The fraction of sp³-hybridized carbons (Fsp3) is 0.500. The van der Waals surface area contributed by atoms with Crippen LogP contribution in [-0.4, -0.2) is 24.9 Å². The molecule has 2 rings (SSSR count). The summed E-state index contributed by atoms with van der Waals surface area (Å²) in [7, 11) is 1.58. The van der Waals surface area contributed by atoms with Gasteiger partial charge in [0.1, 0.15) is 5.75 Å². The van der Waals surface area contributed by atoms with Crippen LogP contribution in [0, 0.1) is 5.41 Å². The van der Waals surface area contributed by atoms with E-state index < -0.39 is 0 Å². The molecule has 1 aromatic rings. The summed E-state index contributed by atoms with van der Waals surface area (Å²) in [5.41, 5.74) is 0.941. The molecule has 0 saturated heterocycles. The molecule has 18 heavy (non-hydrogen) atoms. The van der Waals surface area contributed by atoms with Gasteiger partial charge < -0.3 is 10.1 Å². The summed E-state index contributed by atoms with van der Waals surface area (Å²) >= 11 is 3.47. The molecule has 1 saturated carbocycles. The molecule has 0 radical (unpaired) electrons. The highest BCUT2D eigenvalue weighted by atomic mass is 79.9. The number of amides is 1. The lowest BCUT2D eigenvalue weighted by Crippen LogP contribution is -2.30. The second-order valence-electron chi connectivity index (χ2n) is 4.82. The number of alkyl halides is 1. The van der Waals surface area contributed by atoms with Crippen molar-refractivity contribution in [2.75, 3.05) is 19.0 Å². The van der Waals surface area contributed by atoms with Gasteiger partial charge in [-0.1, -0.05) is 28.1 Å². The second kappa shape index (κ2) is 5.74. The molecule has 0 unspecified atom stereocenters. The minimum Gasteiger partial charge on any atom is -0.496 e. The van der Waals surface area contributed by atoms with E-state index in [1.165, 1.54) is 12.8 Å². The van der Waals surface area contributed by atoms with Crippen LogP contribution in [0.2, 0.25) is 0 Å². The maximum Gasteiger partial charge on any atom is 0.255 e. The highest BCUT2D eigenvalue weighted by Crippen LogP contribution is 2.48. The summed E-state index contributed by atoms with van der Waals surface area (Å²) < 4.78 is 5.19. The van der Waals surface area contributed by atoms with Gasteiger partial charge in [-0.2, -0.15) is 0 Å². The van der Waals surface area contributed by atoms with E-state index in [9.17, 15) is 4.79 Å². The molecule has 0 spiro atoms. The SMILES string of the molecule is COc1ccccc1C(=O)NCC1(CCBr)CC1. The van der Waals surface area contributed by atoms with Crippen molar-refractivity contribution < 1.29 is 9.53 Å². The van der Waals surface area contributed by atoms with Gasteiger partial charge in [0.05, 0.1) is 12.7 Å². The summed E-state index contributed by atoms with van der Waals surface area (Å²) in [5.74, 6) is 0.577. The van der Waals surface area contributed by atoms with E-state index in [2.05, 4.69) is 21.2 Å². The second-order valence-corrected chi connectivity index (χ2v) is 5.61. The predicted molar refractivity (Wildman–Crippen MR) is 75.4 cm³/mol.